The topological polar surface area (TPSA) is 58.6 Å². The molecule has 174 valence electrons. The maximum Gasteiger partial charge on any atom is 0.224 e. The van der Waals surface area contributed by atoms with Crippen LogP contribution >= 0.6 is 0 Å². The van der Waals surface area contributed by atoms with E-state index in [1.807, 2.05) is 32.0 Å². The molecule has 0 spiro atoms. The van der Waals surface area contributed by atoms with Crippen LogP contribution in [0.1, 0.15) is 63.0 Å². The minimum atomic E-state index is -0.309. The van der Waals surface area contributed by atoms with Gasteiger partial charge in [0, 0.05) is 30.2 Å². The van der Waals surface area contributed by atoms with E-state index in [1.54, 1.807) is 12.1 Å². The van der Waals surface area contributed by atoms with Crippen molar-refractivity contribution in [3.63, 3.8) is 0 Å². The predicted octanol–water partition coefficient (Wildman–Crippen LogP) is 5.70. The average molecular weight is 442 g/mol. The molecule has 32 heavy (non-hydrogen) atoms. The van der Waals surface area contributed by atoms with E-state index >= 15 is 0 Å². The normalized spacial score (nSPS) is 16.4. The van der Waals surface area contributed by atoms with Crippen LogP contribution in [0.4, 0.5) is 10.1 Å². The Balaban J connectivity index is 1.61. The molecular formula is C27H36FNO3. The first kappa shape index (κ1) is 24.4. The third kappa shape index (κ3) is 7.72. The van der Waals surface area contributed by atoms with Gasteiger partial charge in [-0.05, 0) is 55.7 Å². The Kier molecular flexibility index (Phi) is 9.24. The van der Waals surface area contributed by atoms with Crippen molar-refractivity contribution in [2.75, 3.05) is 18.5 Å². The highest BCUT2D eigenvalue weighted by Crippen LogP contribution is 2.40. The highest BCUT2D eigenvalue weighted by atomic mass is 19.1. The first-order chi connectivity index (χ1) is 15.5. The summed E-state index contributed by atoms with van der Waals surface area (Å²) < 4.78 is 20.4. The molecule has 0 unspecified atom stereocenters. The third-order valence-corrected chi connectivity index (χ3v) is 6.19. The fourth-order valence-electron chi connectivity index (χ4n) is 3.99. The molecule has 2 aromatic carbocycles. The number of hydrogen-bond acceptors (Lipinski definition) is 3. The number of carbonyl (C=O) groups is 1. The minimum Gasteiger partial charge on any atom is -0.396 e. The van der Waals surface area contributed by atoms with Gasteiger partial charge in [0.1, 0.15) is 5.82 Å². The number of amides is 1. The molecule has 1 saturated carbocycles. The van der Waals surface area contributed by atoms with E-state index < -0.39 is 0 Å². The molecule has 5 heteroatoms. The highest BCUT2D eigenvalue weighted by molar-refractivity contribution is 5.92. The number of aliphatic hydroxyl groups is 1. The number of benzene rings is 2. The lowest BCUT2D eigenvalue weighted by atomic mass is 9.90. The monoisotopic (exact) mass is 441 g/mol. The molecule has 1 fully saturated rings. The summed E-state index contributed by atoms with van der Waals surface area (Å²) in [5.41, 5.74) is 2.26. The lowest BCUT2D eigenvalue weighted by Crippen LogP contribution is -2.19. The number of carbonyl (C=O) groups excluding carboxylic acids is 1. The molecule has 0 aliphatic heterocycles. The maximum atomic E-state index is 14.6. The number of halogens is 1. The van der Waals surface area contributed by atoms with Crippen LogP contribution in [0, 0.1) is 17.7 Å². The van der Waals surface area contributed by atoms with Crippen LogP contribution < -0.4 is 5.32 Å². The van der Waals surface area contributed by atoms with Gasteiger partial charge in [-0.25, -0.2) is 4.39 Å². The van der Waals surface area contributed by atoms with Crippen LogP contribution in [0.2, 0.25) is 0 Å². The molecule has 0 saturated heterocycles. The van der Waals surface area contributed by atoms with Crippen LogP contribution in [0.3, 0.4) is 0 Å². The number of rotatable bonds is 13. The predicted molar refractivity (Wildman–Crippen MR) is 126 cm³/mol. The zero-order chi connectivity index (χ0) is 22.9. The summed E-state index contributed by atoms with van der Waals surface area (Å²) in [6, 6.07) is 15.0. The zero-order valence-corrected chi connectivity index (χ0v) is 19.2. The second-order valence-electron chi connectivity index (χ2n) is 9.28. The Hall–Kier alpha value is -2.24. The Morgan fingerprint density at radius 2 is 1.91 bits per heavy atom. The summed E-state index contributed by atoms with van der Waals surface area (Å²) in [7, 11) is 0. The first-order valence-corrected chi connectivity index (χ1v) is 11.8. The molecule has 1 aliphatic carbocycles. The SMILES string of the molecule is C[C@H](CO)CO[C@@H](C)CCc1c(F)cccc1NC(=O)C[C@H](CC1CC1)c1ccccc1. The summed E-state index contributed by atoms with van der Waals surface area (Å²) in [5, 5.41) is 12.1. The van der Waals surface area contributed by atoms with E-state index in [4.69, 9.17) is 9.84 Å². The van der Waals surface area contributed by atoms with Gasteiger partial charge in [0.2, 0.25) is 5.91 Å². The molecule has 1 amide bonds. The Labute approximate surface area is 191 Å². The fourth-order valence-corrected chi connectivity index (χ4v) is 3.99. The van der Waals surface area contributed by atoms with Gasteiger partial charge in [0.05, 0.1) is 12.7 Å². The number of hydrogen-bond donors (Lipinski definition) is 2. The number of nitrogens with one attached hydrogen (secondary N) is 1. The molecule has 2 aromatic rings. The summed E-state index contributed by atoms with van der Waals surface area (Å²) in [6.45, 7) is 4.43. The number of aliphatic hydroxyl groups excluding tert-OH is 1. The van der Waals surface area contributed by atoms with E-state index in [0.29, 0.717) is 43.0 Å². The number of anilines is 1. The van der Waals surface area contributed by atoms with Gasteiger partial charge >= 0.3 is 0 Å². The Bertz CT molecular complexity index is 853. The van der Waals surface area contributed by atoms with Crippen molar-refractivity contribution < 1.29 is 19.0 Å². The van der Waals surface area contributed by atoms with Crippen molar-refractivity contribution in [1.82, 2.24) is 0 Å². The Morgan fingerprint density at radius 3 is 2.59 bits per heavy atom. The van der Waals surface area contributed by atoms with E-state index in [0.717, 1.165) is 6.42 Å². The molecule has 3 rings (SSSR count). The minimum absolute atomic E-state index is 0.0619. The molecule has 4 nitrogen and oxygen atoms in total. The van der Waals surface area contributed by atoms with Gasteiger partial charge in [0.15, 0.2) is 0 Å². The molecule has 0 bridgehead atoms. The van der Waals surface area contributed by atoms with Crippen molar-refractivity contribution >= 4 is 11.6 Å². The van der Waals surface area contributed by atoms with Crippen molar-refractivity contribution in [1.29, 1.82) is 0 Å². The molecule has 2 N–H and O–H groups in total. The van der Waals surface area contributed by atoms with Gasteiger partial charge in [-0.1, -0.05) is 56.2 Å². The summed E-state index contributed by atoms with van der Waals surface area (Å²) >= 11 is 0. The summed E-state index contributed by atoms with van der Waals surface area (Å²) in [6.07, 6.45) is 4.96. The van der Waals surface area contributed by atoms with Gasteiger partial charge in [-0.2, -0.15) is 0 Å². The van der Waals surface area contributed by atoms with Gasteiger partial charge in [-0.3, -0.25) is 4.79 Å². The van der Waals surface area contributed by atoms with Gasteiger partial charge in [0.25, 0.3) is 0 Å². The standard InChI is InChI=1S/C27H36FNO3/c1-19(17-30)18-32-20(2)11-14-24-25(28)9-6-10-26(24)29-27(31)16-23(15-21-12-13-21)22-7-4-3-5-8-22/h3-10,19-21,23,30H,11-18H2,1-2H3,(H,29,31)/t19-,20+,23+/m1/s1. The highest BCUT2D eigenvalue weighted by Gasteiger charge is 2.28. The van der Waals surface area contributed by atoms with Crippen molar-refractivity contribution in [3.05, 3.63) is 65.5 Å². The summed E-state index contributed by atoms with van der Waals surface area (Å²) in [5.74, 6) is 0.591. The van der Waals surface area contributed by atoms with Crippen LogP contribution in [0.25, 0.3) is 0 Å². The number of ether oxygens (including phenoxy) is 1. The van der Waals surface area contributed by atoms with E-state index in [2.05, 4.69) is 17.4 Å². The molecule has 0 radical (unpaired) electrons. The fraction of sp³-hybridized carbons (Fsp3) is 0.519. The van der Waals surface area contributed by atoms with E-state index in [9.17, 15) is 9.18 Å². The van der Waals surface area contributed by atoms with Crippen molar-refractivity contribution in [3.8, 4) is 0 Å². The largest absolute Gasteiger partial charge is 0.396 e. The average Bonchev–Trinajstić information content (AvgIpc) is 3.61. The first-order valence-electron chi connectivity index (χ1n) is 11.8. The van der Waals surface area contributed by atoms with Crippen LogP contribution in [0.15, 0.2) is 48.5 Å². The van der Waals surface area contributed by atoms with Crippen molar-refractivity contribution in [2.45, 2.75) is 64.4 Å². The van der Waals surface area contributed by atoms with Crippen LogP contribution in [-0.4, -0.2) is 30.3 Å². The third-order valence-electron chi connectivity index (χ3n) is 6.19. The zero-order valence-electron chi connectivity index (χ0n) is 19.2. The summed E-state index contributed by atoms with van der Waals surface area (Å²) in [4.78, 5) is 12.9. The quantitative estimate of drug-likeness (QED) is 0.419. The lowest BCUT2D eigenvalue weighted by molar-refractivity contribution is -0.116. The Morgan fingerprint density at radius 1 is 1.16 bits per heavy atom. The molecule has 0 aromatic heterocycles. The molecule has 1 aliphatic rings. The van der Waals surface area contributed by atoms with Gasteiger partial charge in [-0.15, -0.1) is 0 Å². The van der Waals surface area contributed by atoms with E-state index in [1.165, 1.54) is 24.5 Å². The second kappa shape index (κ2) is 12.1. The molecular weight excluding hydrogens is 405 g/mol. The van der Waals surface area contributed by atoms with E-state index in [-0.39, 0.29) is 36.3 Å². The smallest absolute Gasteiger partial charge is 0.224 e. The molecule has 3 atom stereocenters. The van der Waals surface area contributed by atoms with Gasteiger partial charge < -0.3 is 15.2 Å². The lowest BCUT2D eigenvalue weighted by Gasteiger charge is -2.19. The molecule has 0 heterocycles. The second-order valence-corrected chi connectivity index (χ2v) is 9.28. The van der Waals surface area contributed by atoms with Crippen LogP contribution in [0.5, 0.6) is 0 Å². The van der Waals surface area contributed by atoms with Crippen LogP contribution in [-0.2, 0) is 16.0 Å². The van der Waals surface area contributed by atoms with Crippen molar-refractivity contribution in [2.24, 2.45) is 11.8 Å². The maximum absolute atomic E-state index is 14.6.